The zero-order chi connectivity index (χ0) is 13.0. The summed E-state index contributed by atoms with van der Waals surface area (Å²) in [7, 11) is 1.60. The van der Waals surface area contributed by atoms with Gasteiger partial charge in [0.2, 0.25) is 0 Å². The monoisotopic (exact) mass is 261 g/mol. The maximum Gasteiger partial charge on any atom is 0.290 e. The van der Waals surface area contributed by atoms with Gasteiger partial charge in [0.1, 0.15) is 5.75 Å². The number of benzene rings is 1. The minimum Gasteiger partial charge on any atom is -0.496 e. The number of hydrogen-bond acceptors (Lipinski definition) is 4. The Balaban J connectivity index is 2.14. The van der Waals surface area contributed by atoms with Gasteiger partial charge in [-0.15, -0.1) is 0 Å². The van der Waals surface area contributed by atoms with E-state index in [9.17, 15) is 9.59 Å². The summed E-state index contributed by atoms with van der Waals surface area (Å²) in [6, 6.07) is 7.54. The zero-order valence-corrected chi connectivity index (χ0v) is 10.5. The van der Waals surface area contributed by atoms with Crippen LogP contribution in [0.5, 0.6) is 5.75 Å². The Bertz CT molecular complexity index is 549. The van der Waals surface area contributed by atoms with E-state index in [-0.39, 0.29) is 11.1 Å². The highest BCUT2D eigenvalue weighted by molar-refractivity contribution is 8.18. The summed E-state index contributed by atoms with van der Waals surface area (Å²) < 4.78 is 5.20. The Labute approximate surface area is 109 Å². The van der Waals surface area contributed by atoms with Crippen LogP contribution in [0.25, 0.3) is 6.08 Å². The smallest absolute Gasteiger partial charge is 0.290 e. The molecule has 0 aromatic heterocycles. The summed E-state index contributed by atoms with van der Waals surface area (Å²) in [5.74, 6) is 0.404. The van der Waals surface area contributed by atoms with Crippen LogP contribution in [0.2, 0.25) is 0 Å². The lowest BCUT2D eigenvalue weighted by atomic mass is 10.2. The van der Waals surface area contributed by atoms with Gasteiger partial charge < -0.3 is 4.74 Å². The molecule has 1 aliphatic heterocycles. The van der Waals surface area contributed by atoms with Crippen LogP contribution in [0, 0.1) is 0 Å². The van der Waals surface area contributed by atoms with E-state index < -0.39 is 0 Å². The third-order valence-corrected chi connectivity index (χ3v) is 3.13. The summed E-state index contributed by atoms with van der Waals surface area (Å²) in [5.41, 5.74) is 0.909. The van der Waals surface area contributed by atoms with Crippen LogP contribution in [0.3, 0.4) is 0 Å². The first-order valence-electron chi connectivity index (χ1n) is 5.25. The van der Waals surface area contributed by atoms with Crippen molar-refractivity contribution in [3.63, 3.8) is 0 Å². The highest BCUT2D eigenvalue weighted by atomic mass is 32.2. The number of methoxy groups -OCH3 is 1. The number of hydrogen-bond donors (Lipinski definition) is 1. The number of para-hydroxylation sites is 1. The fraction of sp³-hybridized carbons (Fsp3) is 0.0769. The van der Waals surface area contributed by atoms with Gasteiger partial charge in [-0.05, 0) is 23.9 Å². The minimum absolute atomic E-state index is 0.336. The maximum absolute atomic E-state index is 11.3. The Morgan fingerprint density at radius 2 is 2.06 bits per heavy atom. The van der Waals surface area contributed by atoms with E-state index in [0.29, 0.717) is 4.91 Å². The van der Waals surface area contributed by atoms with Gasteiger partial charge in [0.05, 0.1) is 12.0 Å². The SMILES string of the molecule is COc1ccccc1/C=C/C=C1\SC(=O)NC1=O. The van der Waals surface area contributed by atoms with Crippen molar-refractivity contribution >= 4 is 29.0 Å². The molecule has 92 valence electrons. The molecule has 1 saturated heterocycles. The molecule has 1 fully saturated rings. The first-order valence-corrected chi connectivity index (χ1v) is 6.07. The van der Waals surface area contributed by atoms with E-state index in [1.807, 2.05) is 30.3 Å². The number of imide groups is 1. The lowest BCUT2D eigenvalue weighted by Gasteiger charge is -2.02. The minimum atomic E-state index is -0.352. The van der Waals surface area contributed by atoms with Gasteiger partial charge in [-0.1, -0.05) is 30.4 Å². The summed E-state index contributed by atoms with van der Waals surface area (Å²) >= 11 is 0.898. The second-order valence-corrected chi connectivity index (χ2v) is 4.49. The number of ether oxygens (including phenoxy) is 1. The van der Waals surface area contributed by atoms with E-state index in [1.54, 1.807) is 19.3 Å². The number of allylic oxidation sites excluding steroid dienone is 2. The first-order chi connectivity index (χ1) is 8.70. The summed E-state index contributed by atoms with van der Waals surface area (Å²) in [6.45, 7) is 0. The number of nitrogens with one attached hydrogen (secondary N) is 1. The second kappa shape index (κ2) is 5.55. The Kier molecular flexibility index (Phi) is 3.84. The predicted octanol–water partition coefficient (Wildman–Crippen LogP) is 2.58. The standard InChI is InChI=1S/C13H11NO3S/c1-17-10-7-3-2-5-9(10)6-4-8-11-12(15)14-13(16)18-11/h2-8H,1H3,(H,14,15,16)/b6-4+,11-8-. The summed E-state index contributed by atoms with van der Waals surface area (Å²) in [4.78, 5) is 22.6. The molecule has 0 atom stereocenters. The molecule has 5 heteroatoms. The molecule has 0 unspecified atom stereocenters. The third kappa shape index (κ3) is 2.81. The molecule has 1 N–H and O–H groups in total. The number of thioether (sulfide) groups is 1. The van der Waals surface area contributed by atoms with Gasteiger partial charge in [0, 0.05) is 5.56 Å². The molecule has 0 spiro atoms. The van der Waals surface area contributed by atoms with Crippen LogP contribution in [-0.2, 0) is 4.79 Å². The Morgan fingerprint density at radius 3 is 2.72 bits per heavy atom. The molecule has 18 heavy (non-hydrogen) atoms. The molecule has 4 nitrogen and oxygen atoms in total. The average molecular weight is 261 g/mol. The molecule has 2 amide bonds. The van der Waals surface area contributed by atoms with Crippen molar-refractivity contribution in [2.45, 2.75) is 0 Å². The van der Waals surface area contributed by atoms with E-state index in [0.717, 1.165) is 23.1 Å². The van der Waals surface area contributed by atoms with Gasteiger partial charge in [0.15, 0.2) is 0 Å². The molecule has 2 rings (SSSR count). The highest BCUT2D eigenvalue weighted by Crippen LogP contribution is 2.23. The molecular formula is C13H11NO3S. The predicted molar refractivity (Wildman–Crippen MR) is 71.2 cm³/mol. The highest BCUT2D eigenvalue weighted by Gasteiger charge is 2.24. The van der Waals surface area contributed by atoms with Gasteiger partial charge in [0.25, 0.3) is 11.1 Å². The topological polar surface area (TPSA) is 55.4 Å². The molecule has 0 radical (unpaired) electrons. The molecule has 0 aliphatic carbocycles. The lowest BCUT2D eigenvalue weighted by Crippen LogP contribution is -2.17. The van der Waals surface area contributed by atoms with Gasteiger partial charge >= 0.3 is 0 Å². The van der Waals surface area contributed by atoms with Gasteiger partial charge in [-0.25, -0.2) is 0 Å². The zero-order valence-electron chi connectivity index (χ0n) is 9.67. The number of carbonyl (C=O) groups is 2. The Morgan fingerprint density at radius 1 is 1.28 bits per heavy atom. The maximum atomic E-state index is 11.3. The number of rotatable bonds is 3. The fourth-order valence-electron chi connectivity index (χ4n) is 1.48. The van der Waals surface area contributed by atoms with Crippen molar-refractivity contribution in [2.75, 3.05) is 7.11 Å². The molecule has 0 bridgehead atoms. The molecular weight excluding hydrogens is 250 g/mol. The van der Waals surface area contributed by atoms with Crippen LogP contribution in [-0.4, -0.2) is 18.3 Å². The van der Waals surface area contributed by atoms with Crippen molar-refractivity contribution in [1.29, 1.82) is 0 Å². The molecule has 1 heterocycles. The van der Waals surface area contributed by atoms with E-state index in [4.69, 9.17) is 4.74 Å². The lowest BCUT2D eigenvalue weighted by molar-refractivity contribution is -0.115. The number of amides is 2. The largest absolute Gasteiger partial charge is 0.496 e. The second-order valence-electron chi connectivity index (χ2n) is 3.48. The fourth-order valence-corrected chi connectivity index (χ4v) is 2.11. The van der Waals surface area contributed by atoms with Crippen LogP contribution in [0.4, 0.5) is 4.79 Å². The van der Waals surface area contributed by atoms with E-state index in [1.165, 1.54) is 0 Å². The quantitative estimate of drug-likeness (QED) is 0.850. The molecule has 1 aliphatic rings. The molecule has 0 saturated carbocycles. The van der Waals surface area contributed by atoms with E-state index >= 15 is 0 Å². The third-order valence-electron chi connectivity index (χ3n) is 2.30. The molecule has 1 aromatic carbocycles. The number of carbonyl (C=O) groups excluding carboxylic acids is 2. The van der Waals surface area contributed by atoms with Gasteiger partial charge in [-0.3, -0.25) is 14.9 Å². The first kappa shape index (κ1) is 12.4. The van der Waals surface area contributed by atoms with Crippen molar-refractivity contribution in [3.05, 3.63) is 46.9 Å². The van der Waals surface area contributed by atoms with Crippen LogP contribution >= 0.6 is 11.8 Å². The van der Waals surface area contributed by atoms with E-state index in [2.05, 4.69) is 5.32 Å². The van der Waals surface area contributed by atoms with Crippen molar-refractivity contribution < 1.29 is 14.3 Å². The van der Waals surface area contributed by atoms with Crippen LogP contribution in [0.1, 0.15) is 5.56 Å². The Hall–Kier alpha value is -2.01. The normalized spacial score (nSPS) is 17.5. The van der Waals surface area contributed by atoms with Crippen LogP contribution in [0.15, 0.2) is 41.3 Å². The van der Waals surface area contributed by atoms with Crippen LogP contribution < -0.4 is 10.1 Å². The molecule has 1 aromatic rings. The van der Waals surface area contributed by atoms with Crippen molar-refractivity contribution in [2.24, 2.45) is 0 Å². The van der Waals surface area contributed by atoms with Crippen molar-refractivity contribution in [3.8, 4) is 5.75 Å². The van der Waals surface area contributed by atoms with Gasteiger partial charge in [-0.2, -0.15) is 0 Å². The summed E-state index contributed by atoms with van der Waals surface area (Å²) in [6.07, 6.45) is 5.15. The average Bonchev–Trinajstić information content (AvgIpc) is 2.68. The van der Waals surface area contributed by atoms with Crippen molar-refractivity contribution in [1.82, 2.24) is 5.32 Å². The summed E-state index contributed by atoms with van der Waals surface area (Å²) in [5, 5.41) is 1.86.